The first-order valence-electron chi connectivity index (χ1n) is 6.62. The molecule has 0 radical (unpaired) electrons. The molecule has 0 aromatic rings. The highest BCUT2D eigenvalue weighted by Gasteiger charge is 2.32. The number of fused-ring (bicyclic) bond motifs is 1. The van der Waals surface area contributed by atoms with Gasteiger partial charge in [0.05, 0.1) is 0 Å². The number of allylic oxidation sites excluding steroid dienone is 4. The van der Waals surface area contributed by atoms with Crippen LogP contribution in [0.1, 0.15) is 46.5 Å². The van der Waals surface area contributed by atoms with E-state index < -0.39 is 0 Å². The minimum atomic E-state index is 0.792. The summed E-state index contributed by atoms with van der Waals surface area (Å²) in [7, 11) is 0. The van der Waals surface area contributed by atoms with Crippen molar-refractivity contribution in [3.63, 3.8) is 0 Å². The second-order valence-electron chi connectivity index (χ2n) is 5.50. The van der Waals surface area contributed by atoms with E-state index in [0.29, 0.717) is 0 Å². The first-order chi connectivity index (χ1) is 7.22. The zero-order valence-corrected chi connectivity index (χ0v) is 10.4. The molecule has 0 amide bonds. The summed E-state index contributed by atoms with van der Waals surface area (Å²) >= 11 is 0. The van der Waals surface area contributed by atoms with Crippen molar-refractivity contribution in [2.24, 2.45) is 23.7 Å². The average molecular weight is 204 g/mol. The summed E-state index contributed by atoms with van der Waals surface area (Å²) in [6.45, 7) is 7.06. The molecule has 0 saturated heterocycles. The first kappa shape index (κ1) is 11.0. The molecule has 2 aliphatic carbocycles. The van der Waals surface area contributed by atoms with Crippen molar-refractivity contribution in [2.45, 2.75) is 46.5 Å². The maximum atomic E-state index is 2.51. The summed E-state index contributed by atoms with van der Waals surface area (Å²) < 4.78 is 0. The molecular weight excluding hydrogens is 180 g/mol. The lowest BCUT2D eigenvalue weighted by atomic mass is 9.67. The Morgan fingerprint density at radius 3 is 2.80 bits per heavy atom. The first-order valence-corrected chi connectivity index (χ1v) is 6.62. The van der Waals surface area contributed by atoms with Crippen LogP contribution >= 0.6 is 0 Å². The molecule has 4 atom stereocenters. The molecule has 0 saturated carbocycles. The number of rotatable bonds is 2. The third-order valence-electron chi connectivity index (χ3n) is 4.24. The van der Waals surface area contributed by atoms with Crippen LogP contribution in [0.2, 0.25) is 0 Å². The van der Waals surface area contributed by atoms with Crippen LogP contribution in [0.25, 0.3) is 0 Å². The van der Waals surface area contributed by atoms with Gasteiger partial charge in [-0.25, -0.2) is 0 Å². The summed E-state index contributed by atoms with van der Waals surface area (Å²) in [5.74, 6) is 3.39. The summed E-state index contributed by atoms with van der Waals surface area (Å²) in [6.07, 6.45) is 12.9. The predicted octanol–water partition coefficient (Wildman–Crippen LogP) is 4.58. The maximum absolute atomic E-state index is 2.51. The normalized spacial score (nSPS) is 39.8. The smallest absolute Gasteiger partial charge is 0.0131 e. The van der Waals surface area contributed by atoms with Gasteiger partial charge >= 0.3 is 0 Å². The Labute approximate surface area is 94.5 Å². The Morgan fingerprint density at radius 2 is 2.07 bits per heavy atom. The van der Waals surface area contributed by atoms with Crippen LogP contribution in [0.5, 0.6) is 0 Å². The largest absolute Gasteiger partial charge is 0.0811 e. The summed E-state index contributed by atoms with van der Waals surface area (Å²) in [4.78, 5) is 0. The number of hydrogen-bond donors (Lipinski definition) is 0. The zero-order valence-electron chi connectivity index (χ0n) is 10.4. The van der Waals surface area contributed by atoms with Crippen LogP contribution in [0.15, 0.2) is 23.8 Å². The fourth-order valence-corrected chi connectivity index (χ4v) is 3.35. The quantitative estimate of drug-likeness (QED) is 0.617. The molecular formula is C15H24. The van der Waals surface area contributed by atoms with E-state index in [9.17, 15) is 0 Å². The van der Waals surface area contributed by atoms with Crippen molar-refractivity contribution in [1.29, 1.82) is 0 Å². The molecule has 84 valence electrons. The van der Waals surface area contributed by atoms with Gasteiger partial charge < -0.3 is 0 Å². The van der Waals surface area contributed by atoms with Crippen molar-refractivity contribution < 1.29 is 0 Å². The molecule has 0 spiro atoms. The van der Waals surface area contributed by atoms with Crippen LogP contribution < -0.4 is 0 Å². The Kier molecular flexibility index (Phi) is 3.33. The molecule has 15 heavy (non-hydrogen) atoms. The van der Waals surface area contributed by atoms with Gasteiger partial charge in [-0.2, -0.15) is 0 Å². The topological polar surface area (TPSA) is 0 Å². The van der Waals surface area contributed by atoms with Gasteiger partial charge in [0.2, 0.25) is 0 Å². The third kappa shape index (κ3) is 2.19. The van der Waals surface area contributed by atoms with Gasteiger partial charge in [-0.15, -0.1) is 0 Å². The van der Waals surface area contributed by atoms with E-state index in [2.05, 4.69) is 39.0 Å². The van der Waals surface area contributed by atoms with Gasteiger partial charge in [-0.3, -0.25) is 0 Å². The molecule has 3 unspecified atom stereocenters. The standard InChI is InChI=1S/C15H24/c1-4-5-14-12(3)7-8-13-10-11(2)6-9-15(13)14/h7-8,10-12,14-15H,4-6,9H2,1-3H3/t11-,12?,14?,15?/m1/s1. The van der Waals surface area contributed by atoms with E-state index in [4.69, 9.17) is 0 Å². The van der Waals surface area contributed by atoms with Crippen LogP contribution in [-0.2, 0) is 0 Å². The fraction of sp³-hybridized carbons (Fsp3) is 0.733. The van der Waals surface area contributed by atoms with Gasteiger partial charge in [0.15, 0.2) is 0 Å². The lowest BCUT2D eigenvalue weighted by Gasteiger charge is -2.38. The van der Waals surface area contributed by atoms with Crippen LogP contribution in [0.3, 0.4) is 0 Å². The predicted molar refractivity (Wildman–Crippen MR) is 66.7 cm³/mol. The highest BCUT2D eigenvalue weighted by molar-refractivity contribution is 5.29. The van der Waals surface area contributed by atoms with Gasteiger partial charge in [0.25, 0.3) is 0 Å². The highest BCUT2D eigenvalue weighted by Crippen LogP contribution is 2.43. The van der Waals surface area contributed by atoms with Crippen LogP contribution in [-0.4, -0.2) is 0 Å². The fourth-order valence-electron chi connectivity index (χ4n) is 3.35. The van der Waals surface area contributed by atoms with E-state index in [1.807, 2.05) is 0 Å². The van der Waals surface area contributed by atoms with Gasteiger partial charge in [-0.1, -0.05) is 45.4 Å². The van der Waals surface area contributed by atoms with E-state index >= 15 is 0 Å². The molecule has 0 bridgehead atoms. The Balaban J connectivity index is 2.21. The molecule has 0 heterocycles. The molecule has 2 aliphatic rings. The lowest BCUT2D eigenvalue weighted by molar-refractivity contribution is 0.247. The minimum absolute atomic E-state index is 0.792. The van der Waals surface area contributed by atoms with Gasteiger partial charge in [0.1, 0.15) is 0 Å². The van der Waals surface area contributed by atoms with Gasteiger partial charge in [0, 0.05) is 0 Å². The van der Waals surface area contributed by atoms with Crippen molar-refractivity contribution in [2.75, 3.05) is 0 Å². The molecule has 0 aliphatic heterocycles. The summed E-state index contributed by atoms with van der Waals surface area (Å²) in [5, 5.41) is 0. The molecule has 0 nitrogen and oxygen atoms in total. The minimum Gasteiger partial charge on any atom is -0.0811 e. The van der Waals surface area contributed by atoms with Crippen molar-refractivity contribution in [3.05, 3.63) is 23.8 Å². The third-order valence-corrected chi connectivity index (χ3v) is 4.24. The van der Waals surface area contributed by atoms with Gasteiger partial charge in [-0.05, 0) is 48.5 Å². The Bertz CT molecular complexity index is 272. The second kappa shape index (κ2) is 4.55. The Morgan fingerprint density at radius 1 is 1.27 bits per heavy atom. The highest BCUT2D eigenvalue weighted by atomic mass is 14.4. The van der Waals surface area contributed by atoms with E-state index in [-0.39, 0.29) is 0 Å². The molecule has 0 aromatic heterocycles. The average Bonchev–Trinajstić information content (AvgIpc) is 2.22. The SMILES string of the molecule is CCCC1C(C)C=CC2=C[C@H](C)CCC21. The van der Waals surface area contributed by atoms with E-state index in [1.54, 1.807) is 5.57 Å². The van der Waals surface area contributed by atoms with Crippen molar-refractivity contribution >= 4 is 0 Å². The maximum Gasteiger partial charge on any atom is -0.0131 e. The molecule has 0 N–H and O–H groups in total. The summed E-state index contributed by atoms with van der Waals surface area (Å²) in [5.41, 5.74) is 1.64. The zero-order chi connectivity index (χ0) is 10.8. The Hall–Kier alpha value is -0.520. The van der Waals surface area contributed by atoms with E-state index in [1.165, 1.54) is 25.7 Å². The molecule has 2 rings (SSSR count). The molecule has 0 aromatic carbocycles. The van der Waals surface area contributed by atoms with E-state index in [0.717, 1.165) is 23.7 Å². The van der Waals surface area contributed by atoms with Crippen LogP contribution in [0.4, 0.5) is 0 Å². The molecule has 0 fully saturated rings. The molecule has 0 heteroatoms. The summed E-state index contributed by atoms with van der Waals surface area (Å²) in [6, 6.07) is 0. The lowest BCUT2D eigenvalue weighted by Crippen LogP contribution is -2.28. The second-order valence-corrected chi connectivity index (χ2v) is 5.50. The van der Waals surface area contributed by atoms with Crippen molar-refractivity contribution in [3.8, 4) is 0 Å². The monoisotopic (exact) mass is 204 g/mol. The van der Waals surface area contributed by atoms with Crippen molar-refractivity contribution in [1.82, 2.24) is 0 Å². The number of hydrogen-bond acceptors (Lipinski definition) is 0. The van der Waals surface area contributed by atoms with Crippen LogP contribution in [0, 0.1) is 23.7 Å².